The number of carbonyl (C=O) groups excluding carboxylic acids is 1. The van der Waals surface area contributed by atoms with E-state index in [2.05, 4.69) is 6.58 Å². The molecule has 0 amide bonds. The lowest BCUT2D eigenvalue weighted by Gasteiger charge is -2.34. The molecule has 0 aromatic heterocycles. The molecule has 1 saturated heterocycles. The highest BCUT2D eigenvalue weighted by molar-refractivity contribution is 5.69. The van der Waals surface area contributed by atoms with Crippen LogP contribution in [0, 0.1) is 0 Å². The van der Waals surface area contributed by atoms with E-state index in [9.17, 15) is 4.79 Å². The van der Waals surface area contributed by atoms with Gasteiger partial charge in [-0.1, -0.05) is 13.0 Å². The minimum atomic E-state index is -0.327. The molecule has 0 N–H and O–H groups in total. The molecule has 3 heteroatoms. The van der Waals surface area contributed by atoms with Crippen molar-refractivity contribution in [2.24, 2.45) is 0 Å². The van der Waals surface area contributed by atoms with E-state index in [0.717, 1.165) is 25.7 Å². The number of hydrogen-bond acceptors (Lipinski definition) is 3. The van der Waals surface area contributed by atoms with Gasteiger partial charge in [-0.25, -0.2) is 0 Å². The van der Waals surface area contributed by atoms with E-state index in [0.29, 0.717) is 18.6 Å². The summed E-state index contributed by atoms with van der Waals surface area (Å²) in [5, 5.41) is 0. The van der Waals surface area contributed by atoms with Gasteiger partial charge in [-0.15, -0.1) is 6.58 Å². The minimum Gasteiger partial charge on any atom is -0.459 e. The lowest BCUT2D eigenvalue weighted by molar-refractivity contribution is -0.162. The van der Waals surface area contributed by atoms with Crippen LogP contribution in [0.5, 0.6) is 0 Å². The summed E-state index contributed by atoms with van der Waals surface area (Å²) in [4.78, 5) is 11.4. The fourth-order valence-corrected chi connectivity index (χ4v) is 2.38. The van der Waals surface area contributed by atoms with Gasteiger partial charge < -0.3 is 9.47 Å². The third-order valence-corrected chi connectivity index (χ3v) is 3.28. The van der Waals surface area contributed by atoms with Crippen molar-refractivity contribution in [2.75, 3.05) is 0 Å². The zero-order valence-corrected chi connectivity index (χ0v) is 9.20. The predicted octanol–water partition coefficient (Wildman–Crippen LogP) is 2.21. The van der Waals surface area contributed by atoms with Crippen LogP contribution >= 0.6 is 0 Å². The SMILES string of the molecule is C=CCC1(OC(=O)CC)CCC2OC2C1. The second-order valence-electron chi connectivity index (χ2n) is 4.46. The molecule has 0 spiro atoms. The quantitative estimate of drug-likeness (QED) is 0.405. The van der Waals surface area contributed by atoms with Crippen molar-refractivity contribution in [2.45, 2.75) is 56.8 Å². The molecule has 15 heavy (non-hydrogen) atoms. The Hall–Kier alpha value is -0.830. The third kappa shape index (κ3) is 2.23. The second-order valence-corrected chi connectivity index (χ2v) is 4.46. The van der Waals surface area contributed by atoms with Crippen LogP contribution in [0.3, 0.4) is 0 Å². The smallest absolute Gasteiger partial charge is 0.306 e. The highest BCUT2D eigenvalue weighted by Crippen LogP contribution is 2.45. The molecule has 2 fully saturated rings. The molecular formula is C12H18O3. The van der Waals surface area contributed by atoms with Gasteiger partial charge in [0.05, 0.1) is 12.2 Å². The van der Waals surface area contributed by atoms with E-state index in [1.54, 1.807) is 0 Å². The maximum Gasteiger partial charge on any atom is 0.306 e. The molecule has 1 saturated carbocycles. The van der Waals surface area contributed by atoms with Gasteiger partial charge in [0.25, 0.3) is 0 Å². The predicted molar refractivity (Wildman–Crippen MR) is 56.4 cm³/mol. The normalized spacial score (nSPS) is 37.9. The standard InChI is InChI=1S/C12H18O3/c1-3-6-12(15-11(13)4-2)7-5-9-10(8-12)14-9/h3,9-10H,1,4-8H2,2H3. The minimum absolute atomic E-state index is 0.115. The van der Waals surface area contributed by atoms with E-state index in [1.807, 2.05) is 13.0 Å². The maximum absolute atomic E-state index is 11.4. The van der Waals surface area contributed by atoms with Crippen molar-refractivity contribution in [1.29, 1.82) is 0 Å². The number of ether oxygens (including phenoxy) is 2. The third-order valence-electron chi connectivity index (χ3n) is 3.28. The van der Waals surface area contributed by atoms with Crippen LogP contribution in [0.25, 0.3) is 0 Å². The molecule has 3 atom stereocenters. The van der Waals surface area contributed by atoms with E-state index >= 15 is 0 Å². The van der Waals surface area contributed by atoms with E-state index in [4.69, 9.17) is 9.47 Å². The zero-order valence-electron chi connectivity index (χ0n) is 9.20. The number of fused-ring (bicyclic) bond motifs is 1. The summed E-state index contributed by atoms with van der Waals surface area (Å²) in [6, 6.07) is 0. The van der Waals surface area contributed by atoms with Gasteiger partial charge in [0, 0.05) is 19.3 Å². The monoisotopic (exact) mass is 210 g/mol. The van der Waals surface area contributed by atoms with Gasteiger partial charge in [0.2, 0.25) is 0 Å². The van der Waals surface area contributed by atoms with E-state index in [1.165, 1.54) is 0 Å². The Bertz CT molecular complexity index is 274. The first kappa shape index (κ1) is 10.7. The summed E-state index contributed by atoms with van der Waals surface area (Å²) < 4.78 is 11.0. The summed E-state index contributed by atoms with van der Waals surface area (Å²) in [6.07, 6.45) is 6.54. The van der Waals surface area contributed by atoms with Gasteiger partial charge in [-0.3, -0.25) is 4.79 Å². The van der Waals surface area contributed by atoms with Gasteiger partial charge in [-0.05, 0) is 12.8 Å². The van der Waals surface area contributed by atoms with Gasteiger partial charge in [-0.2, -0.15) is 0 Å². The number of epoxide rings is 1. The molecule has 1 heterocycles. The lowest BCUT2D eigenvalue weighted by Crippen LogP contribution is -2.39. The fraction of sp³-hybridized carbons (Fsp3) is 0.750. The van der Waals surface area contributed by atoms with E-state index < -0.39 is 0 Å². The first-order chi connectivity index (χ1) is 7.19. The van der Waals surface area contributed by atoms with Crippen molar-refractivity contribution < 1.29 is 14.3 Å². The maximum atomic E-state index is 11.4. The molecule has 1 aliphatic heterocycles. The highest BCUT2D eigenvalue weighted by atomic mass is 16.6. The Morgan fingerprint density at radius 2 is 2.47 bits per heavy atom. The molecule has 0 bridgehead atoms. The summed E-state index contributed by atoms with van der Waals surface area (Å²) in [5.41, 5.74) is -0.327. The zero-order chi connectivity index (χ0) is 10.9. The van der Waals surface area contributed by atoms with Crippen LogP contribution in [0.4, 0.5) is 0 Å². The Labute approximate surface area is 90.4 Å². The number of esters is 1. The fourth-order valence-electron chi connectivity index (χ4n) is 2.38. The van der Waals surface area contributed by atoms with Crippen LogP contribution in [0.15, 0.2) is 12.7 Å². The lowest BCUT2D eigenvalue weighted by atomic mass is 9.82. The number of hydrogen-bond donors (Lipinski definition) is 0. The van der Waals surface area contributed by atoms with Crippen molar-refractivity contribution in [3.63, 3.8) is 0 Å². The van der Waals surface area contributed by atoms with Crippen LogP contribution in [0.2, 0.25) is 0 Å². The molecule has 2 aliphatic rings. The molecule has 1 aliphatic carbocycles. The molecule has 0 aromatic carbocycles. The Kier molecular flexibility index (Phi) is 2.83. The molecular weight excluding hydrogens is 192 g/mol. The topological polar surface area (TPSA) is 38.8 Å². The summed E-state index contributed by atoms with van der Waals surface area (Å²) >= 11 is 0. The molecule has 0 radical (unpaired) electrons. The molecule has 3 nitrogen and oxygen atoms in total. The Morgan fingerprint density at radius 3 is 3.07 bits per heavy atom. The van der Waals surface area contributed by atoms with Gasteiger partial charge in [0.1, 0.15) is 5.60 Å². The van der Waals surface area contributed by atoms with Crippen LogP contribution in [-0.2, 0) is 14.3 Å². The van der Waals surface area contributed by atoms with E-state index in [-0.39, 0.29) is 11.6 Å². The summed E-state index contributed by atoms with van der Waals surface area (Å²) in [5.74, 6) is -0.115. The van der Waals surface area contributed by atoms with Gasteiger partial charge in [0.15, 0.2) is 0 Å². The number of rotatable bonds is 4. The van der Waals surface area contributed by atoms with Gasteiger partial charge >= 0.3 is 5.97 Å². The Morgan fingerprint density at radius 1 is 1.67 bits per heavy atom. The number of carbonyl (C=O) groups is 1. The first-order valence-electron chi connectivity index (χ1n) is 5.67. The summed E-state index contributed by atoms with van der Waals surface area (Å²) in [7, 11) is 0. The van der Waals surface area contributed by atoms with Crippen molar-refractivity contribution >= 4 is 5.97 Å². The Balaban J connectivity index is 2.01. The van der Waals surface area contributed by atoms with Crippen LogP contribution in [-0.4, -0.2) is 23.8 Å². The summed E-state index contributed by atoms with van der Waals surface area (Å²) in [6.45, 7) is 5.56. The van der Waals surface area contributed by atoms with Crippen LogP contribution in [0.1, 0.15) is 39.0 Å². The highest BCUT2D eigenvalue weighted by Gasteiger charge is 2.51. The van der Waals surface area contributed by atoms with Crippen molar-refractivity contribution in [3.8, 4) is 0 Å². The van der Waals surface area contributed by atoms with Crippen LogP contribution < -0.4 is 0 Å². The molecule has 2 rings (SSSR count). The average molecular weight is 210 g/mol. The van der Waals surface area contributed by atoms with Crippen molar-refractivity contribution in [3.05, 3.63) is 12.7 Å². The first-order valence-corrected chi connectivity index (χ1v) is 5.67. The largest absolute Gasteiger partial charge is 0.459 e. The van der Waals surface area contributed by atoms with Crippen molar-refractivity contribution in [1.82, 2.24) is 0 Å². The average Bonchev–Trinajstić information content (AvgIpc) is 2.96. The second kappa shape index (κ2) is 3.97. The molecule has 0 aromatic rings. The molecule has 84 valence electrons. The molecule has 3 unspecified atom stereocenters.